The van der Waals surface area contributed by atoms with Crippen LogP contribution >= 0.6 is 0 Å². The first-order valence-corrected chi connectivity index (χ1v) is 10.8. The summed E-state index contributed by atoms with van der Waals surface area (Å²) in [5.41, 5.74) is 0.708. The molecule has 5 heteroatoms. The van der Waals surface area contributed by atoms with E-state index in [1.54, 1.807) is 12.1 Å². The van der Waals surface area contributed by atoms with Gasteiger partial charge in [-0.2, -0.15) is 0 Å². The number of benzene rings is 1. The number of nitrogens with one attached hydrogen (secondary N) is 1. The molecule has 0 aromatic heterocycles. The van der Waals surface area contributed by atoms with E-state index in [2.05, 4.69) is 5.32 Å². The van der Waals surface area contributed by atoms with Gasteiger partial charge < -0.3 is 15.0 Å². The van der Waals surface area contributed by atoms with Crippen molar-refractivity contribution in [1.82, 2.24) is 10.2 Å². The standard InChI is InChI=1S/C23H33FN2O2/c1-22(2,3)28-21(27)26-19-8-9-20(26)14-18(13-19)25-23(10-5-11-23)15-16-6-4-7-17(24)12-16/h4,6-7,12,18-20,25H,5,8-11,13-15H2,1-3H3/t19-,20-/m0/s1. The summed E-state index contributed by atoms with van der Waals surface area (Å²) in [5, 5.41) is 3.94. The highest BCUT2D eigenvalue weighted by Crippen LogP contribution is 2.41. The molecule has 1 aromatic carbocycles. The Balaban J connectivity index is 1.40. The van der Waals surface area contributed by atoms with Crippen molar-refractivity contribution in [1.29, 1.82) is 0 Å². The second-order valence-corrected chi connectivity index (χ2v) is 10.0. The number of amides is 1. The van der Waals surface area contributed by atoms with E-state index in [-0.39, 0.29) is 29.5 Å². The van der Waals surface area contributed by atoms with Crippen LogP contribution in [0.4, 0.5) is 9.18 Å². The molecule has 2 bridgehead atoms. The first-order chi connectivity index (χ1) is 13.2. The Bertz CT molecular complexity index is 712. The molecule has 0 unspecified atom stereocenters. The topological polar surface area (TPSA) is 41.6 Å². The van der Waals surface area contributed by atoms with Crippen LogP contribution in [0.25, 0.3) is 0 Å². The summed E-state index contributed by atoms with van der Waals surface area (Å²) >= 11 is 0. The maximum absolute atomic E-state index is 13.6. The second kappa shape index (κ2) is 7.33. The van der Waals surface area contributed by atoms with Crippen molar-refractivity contribution < 1.29 is 13.9 Å². The summed E-state index contributed by atoms with van der Waals surface area (Å²) in [6.45, 7) is 5.77. The van der Waals surface area contributed by atoms with Gasteiger partial charge in [0.25, 0.3) is 0 Å². The maximum Gasteiger partial charge on any atom is 0.410 e. The van der Waals surface area contributed by atoms with E-state index < -0.39 is 5.60 Å². The van der Waals surface area contributed by atoms with Crippen LogP contribution in [0, 0.1) is 5.82 Å². The van der Waals surface area contributed by atoms with Crippen LogP contribution in [0.2, 0.25) is 0 Å². The summed E-state index contributed by atoms with van der Waals surface area (Å²) in [6, 6.07) is 7.97. The molecule has 0 radical (unpaired) electrons. The fraction of sp³-hybridized carbons (Fsp3) is 0.696. The molecule has 2 aliphatic heterocycles. The third-order valence-corrected chi connectivity index (χ3v) is 6.59. The van der Waals surface area contributed by atoms with Crippen LogP contribution in [0.5, 0.6) is 0 Å². The summed E-state index contributed by atoms with van der Waals surface area (Å²) in [5.74, 6) is -0.157. The summed E-state index contributed by atoms with van der Waals surface area (Å²) in [7, 11) is 0. The number of hydrogen-bond donors (Lipinski definition) is 1. The fourth-order valence-electron chi connectivity index (χ4n) is 5.35. The van der Waals surface area contributed by atoms with E-state index in [9.17, 15) is 9.18 Å². The van der Waals surface area contributed by atoms with E-state index in [1.807, 2.05) is 31.7 Å². The number of carbonyl (C=O) groups is 1. The van der Waals surface area contributed by atoms with Gasteiger partial charge in [0.2, 0.25) is 0 Å². The monoisotopic (exact) mass is 388 g/mol. The van der Waals surface area contributed by atoms with Crippen LogP contribution in [0.1, 0.15) is 71.3 Å². The van der Waals surface area contributed by atoms with Gasteiger partial charge in [-0.1, -0.05) is 12.1 Å². The Kier molecular flexibility index (Phi) is 5.15. The lowest BCUT2D eigenvalue weighted by atomic mass is 9.71. The van der Waals surface area contributed by atoms with Gasteiger partial charge in [-0.3, -0.25) is 0 Å². The highest BCUT2D eigenvalue weighted by Gasteiger charge is 2.47. The van der Waals surface area contributed by atoms with Crippen LogP contribution < -0.4 is 5.32 Å². The Morgan fingerprint density at radius 1 is 1.25 bits per heavy atom. The molecule has 3 aliphatic rings. The van der Waals surface area contributed by atoms with Crippen LogP contribution in [0.15, 0.2) is 24.3 Å². The first-order valence-electron chi connectivity index (χ1n) is 10.8. The van der Waals surface area contributed by atoms with Crippen molar-refractivity contribution in [3.05, 3.63) is 35.6 Å². The second-order valence-electron chi connectivity index (χ2n) is 10.0. The average molecular weight is 389 g/mol. The van der Waals surface area contributed by atoms with Crippen molar-refractivity contribution >= 4 is 6.09 Å². The zero-order chi connectivity index (χ0) is 19.9. The number of nitrogens with zero attached hydrogens (tertiary/aromatic N) is 1. The lowest BCUT2D eigenvalue weighted by Gasteiger charge is -2.48. The van der Waals surface area contributed by atoms with Crippen LogP contribution in [-0.4, -0.2) is 40.3 Å². The highest BCUT2D eigenvalue weighted by molar-refractivity contribution is 5.69. The molecule has 28 heavy (non-hydrogen) atoms. The molecule has 2 atom stereocenters. The van der Waals surface area contributed by atoms with Crippen molar-refractivity contribution in [3.8, 4) is 0 Å². The number of ether oxygens (including phenoxy) is 1. The quantitative estimate of drug-likeness (QED) is 0.805. The summed E-state index contributed by atoms with van der Waals surface area (Å²) < 4.78 is 19.2. The van der Waals surface area contributed by atoms with E-state index in [4.69, 9.17) is 4.74 Å². The molecule has 1 saturated carbocycles. The summed E-state index contributed by atoms with van der Waals surface area (Å²) in [4.78, 5) is 14.7. The number of carbonyl (C=O) groups excluding carboxylic acids is 1. The molecular weight excluding hydrogens is 355 g/mol. The molecule has 3 fully saturated rings. The third kappa shape index (κ3) is 4.19. The van der Waals surface area contributed by atoms with Gasteiger partial charge in [0.1, 0.15) is 11.4 Å². The number of rotatable bonds is 4. The molecule has 1 amide bonds. The molecular formula is C23H33FN2O2. The number of piperidine rings is 1. The van der Waals surface area contributed by atoms with E-state index in [1.165, 1.54) is 12.5 Å². The van der Waals surface area contributed by atoms with Crippen LogP contribution in [-0.2, 0) is 11.2 Å². The van der Waals surface area contributed by atoms with Gasteiger partial charge >= 0.3 is 6.09 Å². The first kappa shape index (κ1) is 19.7. The molecule has 2 saturated heterocycles. The molecule has 154 valence electrons. The van der Waals surface area contributed by atoms with Crippen molar-refractivity contribution in [2.75, 3.05) is 0 Å². The van der Waals surface area contributed by atoms with Gasteiger partial charge in [-0.05, 0) is 89.8 Å². The SMILES string of the molecule is CC(C)(C)OC(=O)N1[C@H]2CC[C@H]1CC(NC1(Cc3cccc(F)c3)CCC1)C2. The molecule has 4 rings (SSSR count). The van der Waals surface area contributed by atoms with E-state index in [0.29, 0.717) is 6.04 Å². The van der Waals surface area contributed by atoms with Gasteiger partial charge in [0, 0.05) is 23.7 Å². The minimum absolute atomic E-state index is 0.0893. The molecule has 2 heterocycles. The zero-order valence-corrected chi connectivity index (χ0v) is 17.3. The molecule has 0 spiro atoms. The van der Waals surface area contributed by atoms with Crippen LogP contribution in [0.3, 0.4) is 0 Å². The average Bonchev–Trinajstić information content (AvgIpc) is 2.83. The molecule has 4 nitrogen and oxygen atoms in total. The number of halogens is 1. The van der Waals surface area contributed by atoms with Gasteiger partial charge in [0.05, 0.1) is 0 Å². The highest BCUT2D eigenvalue weighted by atomic mass is 19.1. The Morgan fingerprint density at radius 2 is 1.93 bits per heavy atom. The van der Waals surface area contributed by atoms with E-state index in [0.717, 1.165) is 50.5 Å². The summed E-state index contributed by atoms with van der Waals surface area (Å²) in [6.07, 6.45) is 8.35. The maximum atomic E-state index is 13.6. The predicted octanol–water partition coefficient (Wildman–Crippen LogP) is 4.81. The Morgan fingerprint density at radius 3 is 2.46 bits per heavy atom. The smallest absolute Gasteiger partial charge is 0.410 e. The molecule has 1 aliphatic carbocycles. The largest absolute Gasteiger partial charge is 0.444 e. The van der Waals surface area contributed by atoms with Gasteiger partial charge in [-0.25, -0.2) is 9.18 Å². The molecule has 1 aromatic rings. The Hall–Kier alpha value is -1.62. The molecule has 1 N–H and O–H groups in total. The fourth-order valence-corrected chi connectivity index (χ4v) is 5.35. The zero-order valence-electron chi connectivity index (χ0n) is 17.3. The minimum Gasteiger partial charge on any atom is -0.444 e. The normalized spacial score (nSPS) is 28.7. The predicted molar refractivity (Wildman–Crippen MR) is 108 cm³/mol. The van der Waals surface area contributed by atoms with Crippen molar-refractivity contribution in [3.63, 3.8) is 0 Å². The number of hydrogen-bond acceptors (Lipinski definition) is 3. The van der Waals surface area contributed by atoms with Gasteiger partial charge in [0.15, 0.2) is 0 Å². The lowest BCUT2D eigenvalue weighted by molar-refractivity contribution is 0.00171. The van der Waals surface area contributed by atoms with Crippen molar-refractivity contribution in [2.24, 2.45) is 0 Å². The lowest BCUT2D eigenvalue weighted by Crippen LogP contribution is -2.60. The Labute approximate surface area is 167 Å². The number of fused-ring (bicyclic) bond motifs is 2. The van der Waals surface area contributed by atoms with E-state index >= 15 is 0 Å². The van der Waals surface area contributed by atoms with Gasteiger partial charge in [-0.15, -0.1) is 0 Å². The minimum atomic E-state index is -0.452. The third-order valence-electron chi connectivity index (χ3n) is 6.59. The van der Waals surface area contributed by atoms with Crippen molar-refractivity contribution in [2.45, 2.75) is 101 Å².